The van der Waals surface area contributed by atoms with Gasteiger partial charge in [0.25, 0.3) is 0 Å². The first-order valence-corrected chi connectivity index (χ1v) is 14.8. The van der Waals surface area contributed by atoms with Crippen molar-refractivity contribution >= 4 is 11.9 Å². The lowest BCUT2D eigenvalue weighted by Gasteiger charge is -2.13. The number of rotatable bonds is 25. The maximum Gasteiger partial charge on any atom is 0.330 e. The first-order chi connectivity index (χ1) is 16.6. The van der Waals surface area contributed by atoms with Gasteiger partial charge in [0.2, 0.25) is 5.91 Å². The molecule has 0 spiro atoms. The van der Waals surface area contributed by atoms with Crippen LogP contribution in [0.2, 0.25) is 0 Å². The van der Waals surface area contributed by atoms with Gasteiger partial charge in [-0.25, -0.2) is 4.79 Å². The van der Waals surface area contributed by atoms with Gasteiger partial charge in [-0.15, -0.1) is 0 Å². The van der Waals surface area contributed by atoms with Crippen LogP contribution in [0.25, 0.3) is 0 Å². The van der Waals surface area contributed by atoms with Crippen LogP contribution in [-0.4, -0.2) is 25.0 Å². The third kappa shape index (κ3) is 23.8. The van der Waals surface area contributed by atoms with E-state index in [0.29, 0.717) is 19.1 Å². The lowest BCUT2D eigenvalue weighted by atomic mass is 10.0. The number of nitrogens with one attached hydrogen (secondary N) is 1. The van der Waals surface area contributed by atoms with Crippen molar-refractivity contribution in [2.45, 2.75) is 149 Å². The molecule has 1 atom stereocenters. The average molecular weight is 480 g/mol. The minimum absolute atomic E-state index is 0.212. The lowest BCUT2D eigenvalue weighted by molar-refractivity contribution is -0.139. The van der Waals surface area contributed by atoms with Gasteiger partial charge in [-0.2, -0.15) is 0 Å². The van der Waals surface area contributed by atoms with Crippen molar-refractivity contribution in [1.29, 1.82) is 0 Å². The minimum atomic E-state index is -0.424. The number of carbonyl (C=O) groups is 2. The summed E-state index contributed by atoms with van der Waals surface area (Å²) in [5, 5.41) is 2.86. The van der Waals surface area contributed by atoms with E-state index in [1.165, 1.54) is 102 Å². The largest absolute Gasteiger partial charge is 0.462 e. The van der Waals surface area contributed by atoms with Gasteiger partial charge in [0.1, 0.15) is 0 Å². The van der Waals surface area contributed by atoms with E-state index in [1.54, 1.807) is 0 Å². The summed E-state index contributed by atoms with van der Waals surface area (Å²) in [6, 6.07) is 0. The number of ether oxygens (including phenoxy) is 1. The molecule has 0 aromatic carbocycles. The predicted molar refractivity (Wildman–Crippen MR) is 146 cm³/mol. The van der Waals surface area contributed by atoms with Crippen LogP contribution in [0.15, 0.2) is 12.2 Å². The number of unbranched alkanes of at least 4 members (excludes halogenated alkanes) is 16. The van der Waals surface area contributed by atoms with Crippen LogP contribution in [-0.2, 0) is 14.3 Å². The molecule has 1 amide bonds. The number of amides is 1. The predicted octanol–water partition coefficient (Wildman–Crippen LogP) is 8.68. The van der Waals surface area contributed by atoms with Gasteiger partial charge in [0.05, 0.1) is 6.61 Å². The molecule has 0 aliphatic heterocycles. The first kappa shape index (κ1) is 32.7. The van der Waals surface area contributed by atoms with Crippen LogP contribution >= 0.6 is 0 Å². The van der Waals surface area contributed by atoms with Gasteiger partial charge in [-0.05, 0) is 18.8 Å². The van der Waals surface area contributed by atoms with Gasteiger partial charge < -0.3 is 10.1 Å². The number of hydrogen-bond donors (Lipinski definition) is 1. The lowest BCUT2D eigenvalue weighted by Crippen LogP contribution is -2.22. The maximum atomic E-state index is 11.8. The maximum absolute atomic E-state index is 11.8. The van der Waals surface area contributed by atoms with Crippen molar-refractivity contribution in [1.82, 2.24) is 5.32 Å². The summed E-state index contributed by atoms with van der Waals surface area (Å²) in [4.78, 5) is 23.6. The molecule has 34 heavy (non-hydrogen) atoms. The van der Waals surface area contributed by atoms with Gasteiger partial charge in [0.15, 0.2) is 0 Å². The van der Waals surface area contributed by atoms with Gasteiger partial charge in [-0.3, -0.25) is 4.79 Å². The minimum Gasteiger partial charge on any atom is -0.462 e. The van der Waals surface area contributed by atoms with E-state index >= 15 is 0 Å². The SMILES string of the molecule is CCCCCCCCCCCCCCCCCCNC(=O)/C=C\C(=O)OCC(CC)CCCC. The molecule has 0 aliphatic carbocycles. The molecule has 0 bridgehead atoms. The summed E-state index contributed by atoms with van der Waals surface area (Å²) in [6.45, 7) is 7.68. The summed E-state index contributed by atoms with van der Waals surface area (Å²) >= 11 is 0. The Morgan fingerprint density at radius 3 is 1.59 bits per heavy atom. The Kier molecular flexibility index (Phi) is 25.3. The highest BCUT2D eigenvalue weighted by Crippen LogP contribution is 2.14. The van der Waals surface area contributed by atoms with E-state index in [1.807, 2.05) is 0 Å². The van der Waals surface area contributed by atoms with E-state index in [-0.39, 0.29) is 5.91 Å². The van der Waals surface area contributed by atoms with Crippen LogP contribution in [0.1, 0.15) is 149 Å². The van der Waals surface area contributed by atoms with Gasteiger partial charge >= 0.3 is 5.97 Å². The number of hydrogen-bond acceptors (Lipinski definition) is 3. The Morgan fingerprint density at radius 1 is 0.647 bits per heavy atom. The highest BCUT2D eigenvalue weighted by Gasteiger charge is 2.08. The monoisotopic (exact) mass is 479 g/mol. The van der Waals surface area contributed by atoms with Gasteiger partial charge in [-0.1, -0.05) is 136 Å². The topological polar surface area (TPSA) is 55.4 Å². The third-order valence-electron chi connectivity index (χ3n) is 6.70. The summed E-state index contributed by atoms with van der Waals surface area (Å²) in [5.41, 5.74) is 0. The fourth-order valence-electron chi connectivity index (χ4n) is 4.23. The van der Waals surface area contributed by atoms with Gasteiger partial charge in [0, 0.05) is 18.7 Å². The molecule has 0 saturated heterocycles. The Balaban J connectivity index is 3.44. The highest BCUT2D eigenvalue weighted by atomic mass is 16.5. The van der Waals surface area contributed by atoms with E-state index in [0.717, 1.165) is 38.5 Å². The molecule has 1 unspecified atom stereocenters. The van der Waals surface area contributed by atoms with Crippen molar-refractivity contribution in [3.05, 3.63) is 12.2 Å². The van der Waals surface area contributed by atoms with E-state index in [2.05, 4.69) is 26.1 Å². The summed E-state index contributed by atoms with van der Waals surface area (Å²) in [7, 11) is 0. The standard InChI is InChI=1S/C30H57NO3/c1-4-7-9-10-11-12-13-14-15-16-17-18-19-20-21-22-26-31-29(32)24-25-30(33)34-27-28(6-3)23-8-5-2/h24-25,28H,4-23,26-27H2,1-3H3,(H,31,32)/b25-24-. The van der Waals surface area contributed by atoms with Crippen molar-refractivity contribution < 1.29 is 14.3 Å². The number of esters is 1. The zero-order valence-corrected chi connectivity index (χ0v) is 23.0. The Bertz CT molecular complexity index is 489. The van der Waals surface area contributed by atoms with Crippen molar-refractivity contribution in [3.63, 3.8) is 0 Å². The molecule has 0 aliphatic rings. The van der Waals surface area contributed by atoms with Crippen LogP contribution in [0.4, 0.5) is 0 Å². The first-order valence-electron chi connectivity index (χ1n) is 14.8. The molecule has 0 heterocycles. The molecule has 1 N–H and O–H groups in total. The molecule has 0 radical (unpaired) electrons. The number of carbonyl (C=O) groups excluding carboxylic acids is 2. The average Bonchev–Trinajstić information content (AvgIpc) is 2.84. The summed E-state index contributed by atoms with van der Waals surface area (Å²) in [6.07, 6.45) is 28.4. The van der Waals surface area contributed by atoms with Crippen molar-refractivity contribution in [2.75, 3.05) is 13.2 Å². The quantitative estimate of drug-likeness (QED) is 0.0809. The van der Waals surface area contributed by atoms with Crippen LogP contribution in [0, 0.1) is 5.92 Å². The summed E-state index contributed by atoms with van der Waals surface area (Å²) < 4.78 is 5.28. The van der Waals surface area contributed by atoms with Crippen LogP contribution < -0.4 is 5.32 Å². The fourth-order valence-corrected chi connectivity index (χ4v) is 4.23. The molecule has 0 rings (SSSR count). The molecular weight excluding hydrogens is 422 g/mol. The molecule has 4 heteroatoms. The second-order valence-electron chi connectivity index (χ2n) is 9.97. The Morgan fingerprint density at radius 2 is 1.12 bits per heavy atom. The molecule has 0 aromatic rings. The fraction of sp³-hybridized carbons (Fsp3) is 0.867. The second-order valence-corrected chi connectivity index (χ2v) is 9.97. The van der Waals surface area contributed by atoms with E-state index in [9.17, 15) is 9.59 Å². The Hall–Kier alpha value is -1.32. The van der Waals surface area contributed by atoms with E-state index < -0.39 is 5.97 Å². The Labute approximate surface area is 212 Å². The molecule has 200 valence electrons. The van der Waals surface area contributed by atoms with Crippen molar-refractivity contribution in [2.24, 2.45) is 5.92 Å². The van der Waals surface area contributed by atoms with E-state index in [4.69, 9.17) is 4.74 Å². The van der Waals surface area contributed by atoms with Crippen molar-refractivity contribution in [3.8, 4) is 0 Å². The normalized spacial score (nSPS) is 12.2. The molecule has 0 fully saturated rings. The van der Waals surface area contributed by atoms with Crippen LogP contribution in [0.3, 0.4) is 0 Å². The highest BCUT2D eigenvalue weighted by molar-refractivity contribution is 5.94. The molecular formula is C30H57NO3. The second kappa shape index (κ2) is 26.3. The summed E-state index contributed by atoms with van der Waals surface area (Å²) in [5.74, 6) is -0.218. The van der Waals surface area contributed by atoms with Crippen LogP contribution in [0.5, 0.6) is 0 Å². The molecule has 0 saturated carbocycles. The third-order valence-corrected chi connectivity index (χ3v) is 6.70. The zero-order chi connectivity index (χ0) is 25.1. The molecule has 0 aromatic heterocycles. The zero-order valence-electron chi connectivity index (χ0n) is 23.0. The molecule has 4 nitrogen and oxygen atoms in total. The smallest absolute Gasteiger partial charge is 0.330 e.